The molecule has 0 aliphatic rings. The van der Waals surface area contributed by atoms with Crippen molar-refractivity contribution in [2.45, 2.75) is 0 Å². The Morgan fingerprint density at radius 2 is 1.57 bits per heavy atom. The maximum absolute atomic E-state index is 12.7. The Balaban J connectivity index is 2.04. The number of carbonyl (C=O) groups is 1. The van der Waals surface area contributed by atoms with E-state index in [4.69, 9.17) is 0 Å². The molecule has 0 atom stereocenters. The van der Waals surface area contributed by atoms with Crippen LogP contribution in [0.3, 0.4) is 0 Å². The second-order valence-electron chi connectivity index (χ2n) is 6.59. The molecule has 0 saturated heterocycles. The van der Waals surface area contributed by atoms with Crippen LogP contribution in [0.2, 0.25) is 0 Å². The number of nitro benzene ring substituents is 1. The van der Waals surface area contributed by atoms with Crippen molar-refractivity contribution in [2.75, 3.05) is 22.9 Å². The number of sulfonamides is 1. The zero-order valence-corrected chi connectivity index (χ0v) is 17.1. The van der Waals surface area contributed by atoms with E-state index in [-0.39, 0.29) is 11.6 Å². The van der Waals surface area contributed by atoms with Crippen LogP contribution in [-0.2, 0) is 10.0 Å². The first-order chi connectivity index (χ1) is 14.2. The van der Waals surface area contributed by atoms with Gasteiger partial charge in [-0.15, -0.1) is 0 Å². The Bertz CT molecular complexity index is 1190. The van der Waals surface area contributed by atoms with Gasteiger partial charge in [0.25, 0.3) is 11.6 Å². The zero-order valence-electron chi connectivity index (χ0n) is 16.3. The Labute approximate surface area is 174 Å². The minimum absolute atomic E-state index is 0.0372. The van der Waals surface area contributed by atoms with Gasteiger partial charge in [0.1, 0.15) is 0 Å². The normalized spacial score (nSPS) is 11.0. The fraction of sp³-hybridized carbons (Fsp3) is 0.0952. The van der Waals surface area contributed by atoms with Crippen molar-refractivity contribution in [3.05, 3.63) is 88.5 Å². The summed E-state index contributed by atoms with van der Waals surface area (Å²) in [4.78, 5) is 23.0. The first kappa shape index (κ1) is 21.0. The predicted octanol–water partition coefficient (Wildman–Crippen LogP) is 3.91. The third-order valence-corrected chi connectivity index (χ3v) is 5.72. The van der Waals surface area contributed by atoms with Crippen LogP contribution in [0.15, 0.2) is 72.8 Å². The lowest BCUT2D eigenvalue weighted by molar-refractivity contribution is -0.384. The molecule has 0 aromatic heterocycles. The quantitative estimate of drug-likeness (QED) is 0.476. The van der Waals surface area contributed by atoms with Crippen LogP contribution in [0.1, 0.15) is 10.4 Å². The monoisotopic (exact) mass is 425 g/mol. The van der Waals surface area contributed by atoms with E-state index in [1.165, 1.54) is 19.2 Å². The van der Waals surface area contributed by atoms with Crippen molar-refractivity contribution in [2.24, 2.45) is 0 Å². The van der Waals surface area contributed by atoms with Crippen LogP contribution >= 0.6 is 0 Å². The van der Waals surface area contributed by atoms with Gasteiger partial charge in [-0.3, -0.25) is 19.2 Å². The number of benzene rings is 3. The molecule has 3 aromatic rings. The lowest BCUT2D eigenvalue weighted by Crippen LogP contribution is -2.26. The van der Waals surface area contributed by atoms with Crippen molar-refractivity contribution >= 4 is 33.0 Å². The number of amides is 1. The van der Waals surface area contributed by atoms with Crippen molar-refractivity contribution in [1.29, 1.82) is 0 Å². The smallest absolute Gasteiger partial charge is 0.269 e. The first-order valence-corrected chi connectivity index (χ1v) is 10.7. The summed E-state index contributed by atoms with van der Waals surface area (Å²) in [6, 6.07) is 19.4. The molecule has 0 radical (unpaired) electrons. The highest BCUT2D eigenvalue weighted by molar-refractivity contribution is 7.92. The molecular weight excluding hydrogens is 406 g/mol. The Kier molecular flexibility index (Phi) is 5.84. The number of nitrogens with one attached hydrogen (secondary N) is 1. The molecule has 154 valence electrons. The molecule has 3 rings (SSSR count). The van der Waals surface area contributed by atoms with Gasteiger partial charge < -0.3 is 5.32 Å². The van der Waals surface area contributed by atoms with Crippen molar-refractivity contribution in [3.8, 4) is 11.1 Å². The van der Waals surface area contributed by atoms with Crippen LogP contribution in [0.4, 0.5) is 17.1 Å². The molecule has 0 saturated carbocycles. The third kappa shape index (κ3) is 4.64. The van der Waals surface area contributed by atoms with Gasteiger partial charge in [0.05, 0.1) is 22.6 Å². The topological polar surface area (TPSA) is 110 Å². The molecular formula is C21H19N3O5S. The number of non-ortho nitro benzene ring substituents is 1. The standard InChI is InChI=1S/C21H19N3O5S/c1-23(30(2,28)29)20-13-10-17(15-8-11-18(12-9-15)24(26)27)14-19(20)22-21(25)16-6-4-3-5-7-16/h3-14H,1-2H3,(H,22,25). The van der Waals surface area contributed by atoms with E-state index in [0.29, 0.717) is 28.1 Å². The molecule has 30 heavy (non-hydrogen) atoms. The minimum atomic E-state index is -3.56. The fourth-order valence-electron chi connectivity index (χ4n) is 2.83. The summed E-state index contributed by atoms with van der Waals surface area (Å²) >= 11 is 0. The van der Waals surface area contributed by atoms with E-state index < -0.39 is 14.9 Å². The minimum Gasteiger partial charge on any atom is -0.320 e. The summed E-state index contributed by atoms with van der Waals surface area (Å²) in [6.45, 7) is 0. The van der Waals surface area contributed by atoms with Gasteiger partial charge in [0.2, 0.25) is 10.0 Å². The van der Waals surface area contributed by atoms with Crippen LogP contribution in [0.5, 0.6) is 0 Å². The largest absolute Gasteiger partial charge is 0.320 e. The summed E-state index contributed by atoms with van der Waals surface area (Å²) in [7, 11) is -2.17. The number of rotatable bonds is 6. The molecule has 0 heterocycles. The second kappa shape index (κ2) is 8.34. The molecule has 1 amide bonds. The summed E-state index contributed by atoms with van der Waals surface area (Å²) in [5.74, 6) is -0.389. The number of carbonyl (C=O) groups excluding carboxylic acids is 1. The molecule has 0 bridgehead atoms. The lowest BCUT2D eigenvalue weighted by Gasteiger charge is -2.21. The van der Waals surface area contributed by atoms with Gasteiger partial charge >= 0.3 is 0 Å². The van der Waals surface area contributed by atoms with Crippen LogP contribution in [0.25, 0.3) is 11.1 Å². The van der Waals surface area contributed by atoms with E-state index in [2.05, 4.69) is 5.32 Å². The molecule has 0 aliphatic heterocycles. The predicted molar refractivity (Wildman–Crippen MR) is 116 cm³/mol. The maximum atomic E-state index is 12.7. The van der Waals surface area contributed by atoms with E-state index in [0.717, 1.165) is 10.6 Å². The SMILES string of the molecule is CN(c1ccc(-c2ccc([N+](=O)[O-])cc2)cc1NC(=O)c1ccccc1)S(C)(=O)=O. The highest BCUT2D eigenvalue weighted by Crippen LogP contribution is 2.33. The third-order valence-electron chi connectivity index (χ3n) is 4.53. The van der Waals surface area contributed by atoms with E-state index >= 15 is 0 Å². The second-order valence-corrected chi connectivity index (χ2v) is 8.60. The first-order valence-electron chi connectivity index (χ1n) is 8.86. The summed E-state index contributed by atoms with van der Waals surface area (Å²) < 4.78 is 25.2. The Hall–Kier alpha value is -3.72. The van der Waals surface area contributed by atoms with Crippen molar-refractivity contribution in [3.63, 3.8) is 0 Å². The number of hydrogen-bond acceptors (Lipinski definition) is 5. The van der Waals surface area contributed by atoms with Gasteiger partial charge in [0.15, 0.2) is 0 Å². The van der Waals surface area contributed by atoms with Crippen molar-refractivity contribution in [1.82, 2.24) is 0 Å². The van der Waals surface area contributed by atoms with Crippen LogP contribution in [-0.4, -0.2) is 32.6 Å². The highest BCUT2D eigenvalue weighted by atomic mass is 32.2. The molecule has 9 heteroatoms. The Morgan fingerprint density at radius 3 is 2.13 bits per heavy atom. The van der Waals surface area contributed by atoms with Gasteiger partial charge in [-0.05, 0) is 47.5 Å². The fourth-order valence-corrected chi connectivity index (χ4v) is 3.35. The Morgan fingerprint density at radius 1 is 0.967 bits per heavy atom. The number of anilines is 2. The molecule has 0 unspecified atom stereocenters. The molecule has 0 spiro atoms. The summed E-state index contributed by atoms with van der Waals surface area (Å²) in [5, 5.41) is 13.6. The molecule has 0 fully saturated rings. The highest BCUT2D eigenvalue weighted by Gasteiger charge is 2.19. The number of nitrogens with zero attached hydrogens (tertiary/aromatic N) is 2. The molecule has 0 aliphatic carbocycles. The van der Waals surface area contributed by atoms with E-state index in [9.17, 15) is 23.3 Å². The molecule has 1 N–H and O–H groups in total. The molecule has 8 nitrogen and oxygen atoms in total. The summed E-state index contributed by atoms with van der Waals surface area (Å²) in [6.07, 6.45) is 1.07. The zero-order chi connectivity index (χ0) is 21.9. The number of hydrogen-bond donors (Lipinski definition) is 1. The van der Waals surface area contributed by atoms with E-state index in [1.807, 2.05) is 0 Å². The van der Waals surface area contributed by atoms with Crippen LogP contribution < -0.4 is 9.62 Å². The van der Waals surface area contributed by atoms with Crippen molar-refractivity contribution < 1.29 is 18.1 Å². The molecule has 3 aromatic carbocycles. The number of nitro groups is 1. The average Bonchev–Trinajstić information content (AvgIpc) is 2.73. The van der Waals surface area contributed by atoms with Gasteiger partial charge in [-0.1, -0.05) is 24.3 Å². The average molecular weight is 425 g/mol. The summed E-state index contributed by atoms with van der Waals surface area (Å²) in [5.41, 5.74) is 2.33. The van der Waals surface area contributed by atoms with E-state index in [1.54, 1.807) is 60.7 Å². The van der Waals surface area contributed by atoms with Gasteiger partial charge in [-0.25, -0.2) is 8.42 Å². The lowest BCUT2D eigenvalue weighted by atomic mass is 10.0. The van der Waals surface area contributed by atoms with Gasteiger partial charge in [0, 0.05) is 24.7 Å². The van der Waals surface area contributed by atoms with Gasteiger partial charge in [-0.2, -0.15) is 0 Å². The maximum Gasteiger partial charge on any atom is 0.269 e. The van der Waals surface area contributed by atoms with Crippen LogP contribution in [0, 0.1) is 10.1 Å².